The molecule has 1 aliphatic heterocycles. The molecule has 0 atom stereocenters. The van der Waals surface area contributed by atoms with Gasteiger partial charge in [0.25, 0.3) is 0 Å². The fourth-order valence-corrected chi connectivity index (χ4v) is 2.20. The second-order valence-corrected chi connectivity index (χ2v) is 5.92. The van der Waals surface area contributed by atoms with Crippen LogP contribution in [-0.4, -0.2) is 60.9 Å². The number of nitrogens with two attached hydrogens (primary N) is 1. The number of hydrogen-bond donors (Lipinski definition) is 2. The van der Waals surface area contributed by atoms with E-state index in [1.165, 1.54) is 0 Å². The Hall–Kier alpha value is -1.60. The number of anilines is 2. The summed E-state index contributed by atoms with van der Waals surface area (Å²) in [6.45, 7) is 11.9. The molecular formula is C15H27N5O2. The molecule has 1 aliphatic rings. The third kappa shape index (κ3) is 4.99. The van der Waals surface area contributed by atoms with Crippen molar-refractivity contribution in [3.63, 3.8) is 0 Å². The molecule has 3 N–H and O–H groups in total. The van der Waals surface area contributed by atoms with Crippen LogP contribution in [0.4, 0.5) is 11.5 Å². The van der Waals surface area contributed by atoms with Gasteiger partial charge in [0.15, 0.2) is 5.82 Å². The normalized spacial score (nSPS) is 16.0. The van der Waals surface area contributed by atoms with Crippen molar-refractivity contribution in [3.05, 3.63) is 5.82 Å². The van der Waals surface area contributed by atoms with Crippen LogP contribution in [0.3, 0.4) is 0 Å². The average Bonchev–Trinajstić information content (AvgIpc) is 2.50. The quantitative estimate of drug-likeness (QED) is 0.781. The van der Waals surface area contributed by atoms with E-state index in [2.05, 4.69) is 34.0 Å². The fourth-order valence-electron chi connectivity index (χ4n) is 2.20. The number of aryl methyl sites for hydroxylation is 1. The van der Waals surface area contributed by atoms with Gasteiger partial charge in [-0.15, -0.1) is 0 Å². The first-order valence-corrected chi connectivity index (χ1v) is 7.87. The van der Waals surface area contributed by atoms with Crippen LogP contribution in [0, 0.1) is 12.8 Å². The van der Waals surface area contributed by atoms with Crippen molar-refractivity contribution < 1.29 is 9.47 Å². The molecule has 2 rings (SSSR count). The Kier molecular flexibility index (Phi) is 6.21. The molecule has 1 fully saturated rings. The van der Waals surface area contributed by atoms with E-state index >= 15 is 0 Å². The van der Waals surface area contributed by atoms with Crippen molar-refractivity contribution >= 4 is 11.5 Å². The van der Waals surface area contributed by atoms with Gasteiger partial charge in [-0.3, -0.25) is 4.90 Å². The summed E-state index contributed by atoms with van der Waals surface area (Å²) in [7, 11) is 0. The smallest absolute Gasteiger partial charge is 0.242 e. The van der Waals surface area contributed by atoms with E-state index in [1.807, 2.05) is 6.92 Å². The van der Waals surface area contributed by atoms with Crippen molar-refractivity contribution in [1.29, 1.82) is 0 Å². The van der Waals surface area contributed by atoms with Gasteiger partial charge in [-0.25, -0.2) is 4.98 Å². The summed E-state index contributed by atoms with van der Waals surface area (Å²) >= 11 is 0. The van der Waals surface area contributed by atoms with E-state index in [4.69, 9.17) is 15.2 Å². The van der Waals surface area contributed by atoms with Gasteiger partial charge < -0.3 is 20.5 Å². The van der Waals surface area contributed by atoms with Gasteiger partial charge >= 0.3 is 0 Å². The standard InChI is InChI=1S/C15H27N5O2/c1-11(2)10-22-15-13(16)14(18-12(3)19-15)17-4-5-20-6-8-21-9-7-20/h11H,4-10,16H2,1-3H3,(H,17,18,19). The zero-order valence-corrected chi connectivity index (χ0v) is 13.8. The van der Waals surface area contributed by atoms with Crippen molar-refractivity contribution in [3.8, 4) is 5.88 Å². The number of nitrogens with one attached hydrogen (secondary N) is 1. The summed E-state index contributed by atoms with van der Waals surface area (Å²) in [5, 5.41) is 3.29. The molecule has 1 saturated heterocycles. The zero-order chi connectivity index (χ0) is 15.9. The third-order valence-electron chi connectivity index (χ3n) is 3.40. The van der Waals surface area contributed by atoms with Crippen LogP contribution in [-0.2, 0) is 4.74 Å². The molecule has 7 nitrogen and oxygen atoms in total. The average molecular weight is 309 g/mol. The van der Waals surface area contributed by atoms with Crippen molar-refractivity contribution in [2.45, 2.75) is 20.8 Å². The topological polar surface area (TPSA) is 85.5 Å². The number of aromatic nitrogens is 2. The molecule has 0 saturated carbocycles. The first kappa shape index (κ1) is 16.8. The number of nitrogens with zero attached hydrogens (tertiary/aromatic N) is 3. The maximum atomic E-state index is 6.11. The Morgan fingerprint density at radius 3 is 2.73 bits per heavy atom. The van der Waals surface area contributed by atoms with Crippen molar-refractivity contribution in [2.75, 3.05) is 57.1 Å². The molecule has 124 valence electrons. The highest BCUT2D eigenvalue weighted by Crippen LogP contribution is 2.26. The third-order valence-corrected chi connectivity index (χ3v) is 3.40. The minimum Gasteiger partial charge on any atom is -0.476 e. The molecule has 7 heteroatoms. The molecule has 0 amide bonds. The number of rotatable bonds is 7. The molecule has 0 bridgehead atoms. The van der Waals surface area contributed by atoms with E-state index in [0.717, 1.165) is 39.4 Å². The predicted octanol–water partition coefficient (Wildman–Crippen LogP) is 1.15. The molecule has 0 aromatic carbocycles. The second-order valence-electron chi connectivity index (χ2n) is 5.92. The number of hydrogen-bond acceptors (Lipinski definition) is 7. The molecule has 0 spiro atoms. The largest absolute Gasteiger partial charge is 0.476 e. The molecular weight excluding hydrogens is 282 g/mol. The lowest BCUT2D eigenvalue weighted by molar-refractivity contribution is 0.0398. The lowest BCUT2D eigenvalue weighted by atomic mass is 10.2. The lowest BCUT2D eigenvalue weighted by Crippen LogP contribution is -2.39. The van der Waals surface area contributed by atoms with E-state index in [-0.39, 0.29) is 0 Å². The minimum absolute atomic E-state index is 0.424. The number of ether oxygens (including phenoxy) is 2. The molecule has 0 radical (unpaired) electrons. The van der Waals surface area contributed by atoms with Crippen molar-refractivity contribution in [2.24, 2.45) is 5.92 Å². The van der Waals surface area contributed by atoms with Crippen LogP contribution in [0.1, 0.15) is 19.7 Å². The number of morpholine rings is 1. The highest BCUT2D eigenvalue weighted by molar-refractivity contribution is 5.66. The first-order chi connectivity index (χ1) is 10.6. The van der Waals surface area contributed by atoms with Crippen molar-refractivity contribution in [1.82, 2.24) is 14.9 Å². The lowest BCUT2D eigenvalue weighted by Gasteiger charge is -2.26. The Morgan fingerprint density at radius 2 is 2.05 bits per heavy atom. The van der Waals surface area contributed by atoms with E-state index < -0.39 is 0 Å². The van der Waals surface area contributed by atoms with Crippen LogP contribution in [0.25, 0.3) is 0 Å². The summed E-state index contributed by atoms with van der Waals surface area (Å²) in [4.78, 5) is 11.0. The Balaban J connectivity index is 1.91. The van der Waals surface area contributed by atoms with Crippen LogP contribution in [0.5, 0.6) is 5.88 Å². The number of nitrogen functional groups attached to an aromatic ring is 1. The summed E-state index contributed by atoms with van der Waals surface area (Å²) < 4.78 is 11.0. The molecule has 1 aromatic rings. The highest BCUT2D eigenvalue weighted by atomic mass is 16.5. The summed E-state index contributed by atoms with van der Waals surface area (Å²) in [5.74, 6) is 2.20. The highest BCUT2D eigenvalue weighted by Gasteiger charge is 2.13. The zero-order valence-electron chi connectivity index (χ0n) is 13.8. The molecule has 0 aliphatic carbocycles. The fraction of sp³-hybridized carbons (Fsp3) is 0.733. The first-order valence-electron chi connectivity index (χ1n) is 7.87. The maximum Gasteiger partial charge on any atom is 0.242 e. The van der Waals surface area contributed by atoms with Gasteiger partial charge in [-0.2, -0.15) is 4.98 Å². The van der Waals surface area contributed by atoms with E-state index in [9.17, 15) is 0 Å². The van der Waals surface area contributed by atoms with Crippen LogP contribution in [0.2, 0.25) is 0 Å². The van der Waals surface area contributed by atoms with E-state index in [1.54, 1.807) is 0 Å². The van der Waals surface area contributed by atoms with Crippen LogP contribution >= 0.6 is 0 Å². The minimum atomic E-state index is 0.424. The van der Waals surface area contributed by atoms with Gasteiger partial charge in [0.05, 0.1) is 19.8 Å². The van der Waals surface area contributed by atoms with Gasteiger partial charge in [0.2, 0.25) is 5.88 Å². The van der Waals surface area contributed by atoms with E-state index in [0.29, 0.717) is 35.7 Å². The van der Waals surface area contributed by atoms with Crippen LogP contribution < -0.4 is 15.8 Å². The molecule has 2 heterocycles. The summed E-state index contributed by atoms with van der Waals surface area (Å²) in [5.41, 5.74) is 6.59. The molecule has 0 unspecified atom stereocenters. The Labute approximate surface area is 132 Å². The van der Waals surface area contributed by atoms with Gasteiger partial charge in [0.1, 0.15) is 11.5 Å². The summed E-state index contributed by atoms with van der Waals surface area (Å²) in [6, 6.07) is 0. The predicted molar refractivity (Wildman–Crippen MR) is 87.3 cm³/mol. The maximum absolute atomic E-state index is 6.11. The Morgan fingerprint density at radius 1 is 1.32 bits per heavy atom. The second kappa shape index (κ2) is 8.14. The monoisotopic (exact) mass is 309 g/mol. The van der Waals surface area contributed by atoms with Gasteiger partial charge in [-0.1, -0.05) is 13.8 Å². The SMILES string of the molecule is Cc1nc(NCCN2CCOCC2)c(N)c(OCC(C)C)n1. The van der Waals surface area contributed by atoms with Gasteiger partial charge in [0, 0.05) is 26.2 Å². The molecule has 22 heavy (non-hydrogen) atoms. The summed E-state index contributed by atoms with van der Waals surface area (Å²) in [6.07, 6.45) is 0. The Bertz CT molecular complexity index is 475. The van der Waals surface area contributed by atoms with Gasteiger partial charge in [-0.05, 0) is 12.8 Å². The van der Waals surface area contributed by atoms with Crippen LogP contribution in [0.15, 0.2) is 0 Å². The molecule has 1 aromatic heterocycles.